The Hall–Kier alpha value is -3.24. The molecule has 1 heterocycles. The molecule has 8 nitrogen and oxygen atoms in total. The summed E-state index contributed by atoms with van der Waals surface area (Å²) in [4.78, 5) is 19.0. The third kappa shape index (κ3) is 6.70. The van der Waals surface area contributed by atoms with Gasteiger partial charge in [0.05, 0.1) is 43.5 Å². The fourth-order valence-corrected chi connectivity index (χ4v) is 5.40. The highest BCUT2D eigenvalue weighted by Crippen LogP contribution is 2.22. The zero-order valence-electron chi connectivity index (χ0n) is 21.0. The van der Waals surface area contributed by atoms with Gasteiger partial charge in [-0.1, -0.05) is 38.1 Å². The van der Waals surface area contributed by atoms with Crippen LogP contribution >= 0.6 is 0 Å². The Morgan fingerprint density at radius 1 is 1.14 bits per heavy atom. The fraction of sp³-hybridized carbons (Fsp3) is 0.385. The Bertz CT molecular complexity index is 1290. The molecule has 0 fully saturated rings. The maximum absolute atomic E-state index is 14.4. The Morgan fingerprint density at radius 2 is 1.89 bits per heavy atom. The molecule has 1 aromatic heterocycles. The number of benzene rings is 2. The monoisotopic (exact) mass is 517 g/mol. The van der Waals surface area contributed by atoms with Crippen molar-refractivity contribution in [3.05, 3.63) is 77.4 Å². The van der Waals surface area contributed by atoms with E-state index in [2.05, 4.69) is 4.98 Å². The van der Waals surface area contributed by atoms with Gasteiger partial charge in [-0.25, -0.2) is 17.8 Å². The van der Waals surface area contributed by atoms with Crippen molar-refractivity contribution in [3.63, 3.8) is 0 Å². The lowest BCUT2D eigenvalue weighted by molar-refractivity contribution is 0.0712. The van der Waals surface area contributed by atoms with E-state index in [1.165, 1.54) is 43.5 Å². The number of sulfone groups is 1. The van der Waals surface area contributed by atoms with Crippen LogP contribution in [0.25, 0.3) is 0 Å². The quantitative estimate of drug-likeness (QED) is 0.361. The Balaban J connectivity index is 1.96. The first-order valence-electron chi connectivity index (χ1n) is 11.6. The van der Waals surface area contributed by atoms with Gasteiger partial charge in [-0.05, 0) is 35.7 Å². The highest BCUT2D eigenvalue weighted by Gasteiger charge is 2.27. The Morgan fingerprint density at radius 3 is 2.56 bits per heavy atom. The van der Waals surface area contributed by atoms with E-state index >= 15 is 0 Å². The van der Waals surface area contributed by atoms with Crippen molar-refractivity contribution >= 4 is 15.7 Å². The van der Waals surface area contributed by atoms with Gasteiger partial charge in [0.15, 0.2) is 0 Å². The van der Waals surface area contributed by atoms with Crippen LogP contribution in [0.4, 0.5) is 4.39 Å². The number of carbonyl (C=O) groups is 1. The van der Waals surface area contributed by atoms with E-state index in [1.54, 1.807) is 34.9 Å². The number of carbonyl (C=O) groups excluding carboxylic acids is 1. The molecule has 0 spiro atoms. The molecule has 0 saturated carbocycles. The van der Waals surface area contributed by atoms with E-state index in [1.807, 2.05) is 13.8 Å². The van der Waals surface area contributed by atoms with Crippen molar-refractivity contribution in [1.82, 2.24) is 14.5 Å². The molecule has 0 aliphatic heterocycles. The first kappa shape index (κ1) is 27.3. The third-order valence-corrected chi connectivity index (χ3v) is 7.12. The van der Waals surface area contributed by atoms with Gasteiger partial charge in [-0.3, -0.25) is 4.79 Å². The van der Waals surface area contributed by atoms with E-state index in [9.17, 15) is 17.6 Å². The lowest BCUT2D eigenvalue weighted by atomic mass is 10.1. The fourth-order valence-electron chi connectivity index (χ4n) is 3.89. The minimum absolute atomic E-state index is 0.0352. The lowest BCUT2D eigenvalue weighted by Crippen LogP contribution is -2.35. The molecule has 0 bridgehead atoms. The molecule has 10 heteroatoms. The minimum Gasteiger partial charge on any atom is -0.497 e. The second kappa shape index (κ2) is 12.1. The van der Waals surface area contributed by atoms with Gasteiger partial charge in [-0.15, -0.1) is 0 Å². The molecule has 0 aliphatic carbocycles. The van der Waals surface area contributed by atoms with Crippen molar-refractivity contribution in [2.24, 2.45) is 5.92 Å². The first-order valence-corrected chi connectivity index (χ1v) is 13.2. The summed E-state index contributed by atoms with van der Waals surface area (Å²) < 4.78 is 53.1. The van der Waals surface area contributed by atoms with Crippen molar-refractivity contribution in [2.75, 3.05) is 27.4 Å². The van der Waals surface area contributed by atoms with Gasteiger partial charge in [-0.2, -0.15) is 0 Å². The van der Waals surface area contributed by atoms with Gasteiger partial charge >= 0.3 is 0 Å². The number of hydrogen-bond acceptors (Lipinski definition) is 6. The highest BCUT2D eigenvalue weighted by molar-refractivity contribution is 7.90. The molecule has 1 amide bonds. The van der Waals surface area contributed by atoms with Gasteiger partial charge in [0.2, 0.25) is 15.0 Å². The summed E-state index contributed by atoms with van der Waals surface area (Å²) in [5.74, 6) is -0.681. The Labute approximate surface area is 211 Å². The number of nitrogens with zero attached hydrogens (tertiary/aromatic N) is 3. The number of imidazole rings is 1. The zero-order chi connectivity index (χ0) is 26.3. The Kier molecular flexibility index (Phi) is 9.22. The SMILES string of the molecule is COCCn1c(CN(CC(C)C)C(=O)c2ccccc2F)cnc1S(=O)(=O)Cc1cccc(OC)c1. The molecule has 0 N–H and O–H groups in total. The summed E-state index contributed by atoms with van der Waals surface area (Å²) in [6, 6.07) is 12.7. The van der Waals surface area contributed by atoms with Gasteiger partial charge in [0, 0.05) is 20.2 Å². The average molecular weight is 518 g/mol. The molecule has 0 radical (unpaired) electrons. The molecule has 2 aromatic carbocycles. The number of hydrogen-bond donors (Lipinski definition) is 0. The topological polar surface area (TPSA) is 90.7 Å². The van der Waals surface area contributed by atoms with Crippen LogP contribution in [0, 0.1) is 11.7 Å². The number of amides is 1. The second-order valence-corrected chi connectivity index (χ2v) is 10.7. The first-order chi connectivity index (χ1) is 17.2. The summed E-state index contributed by atoms with van der Waals surface area (Å²) >= 11 is 0. The number of ether oxygens (including phenoxy) is 2. The van der Waals surface area contributed by atoms with E-state index in [4.69, 9.17) is 9.47 Å². The summed E-state index contributed by atoms with van der Waals surface area (Å²) in [6.45, 7) is 4.80. The molecule has 36 heavy (non-hydrogen) atoms. The van der Waals surface area contributed by atoms with Gasteiger partial charge in [0.1, 0.15) is 11.6 Å². The van der Waals surface area contributed by atoms with Crippen molar-refractivity contribution in [2.45, 2.75) is 37.8 Å². The maximum Gasteiger partial charge on any atom is 0.257 e. The summed E-state index contributed by atoms with van der Waals surface area (Å²) in [7, 11) is -0.801. The van der Waals surface area contributed by atoms with Gasteiger partial charge < -0.3 is 18.9 Å². The number of rotatable bonds is 12. The third-order valence-electron chi connectivity index (χ3n) is 5.52. The van der Waals surface area contributed by atoms with Crippen LogP contribution in [-0.4, -0.2) is 56.1 Å². The van der Waals surface area contributed by atoms with Crippen LogP contribution < -0.4 is 4.74 Å². The molecule has 0 aliphatic rings. The summed E-state index contributed by atoms with van der Waals surface area (Å²) in [5.41, 5.74) is 1.04. The van der Waals surface area contributed by atoms with Crippen molar-refractivity contribution < 1.29 is 27.1 Å². The van der Waals surface area contributed by atoms with Crippen LogP contribution in [0.2, 0.25) is 0 Å². The largest absolute Gasteiger partial charge is 0.497 e. The summed E-state index contributed by atoms with van der Waals surface area (Å²) in [5, 5.41) is -0.111. The lowest BCUT2D eigenvalue weighted by Gasteiger charge is -2.25. The molecule has 3 rings (SSSR count). The maximum atomic E-state index is 14.4. The average Bonchev–Trinajstić information content (AvgIpc) is 3.25. The van der Waals surface area contributed by atoms with E-state index < -0.39 is 21.6 Å². The normalized spacial score (nSPS) is 11.6. The highest BCUT2D eigenvalue weighted by atomic mass is 32.2. The number of halogens is 1. The van der Waals surface area contributed by atoms with Crippen molar-refractivity contribution in [3.8, 4) is 5.75 Å². The smallest absolute Gasteiger partial charge is 0.257 e. The molecule has 0 saturated heterocycles. The van der Waals surface area contributed by atoms with E-state index in [0.717, 1.165) is 0 Å². The predicted molar refractivity (Wildman–Crippen MR) is 134 cm³/mol. The van der Waals surface area contributed by atoms with Crippen LogP contribution in [0.5, 0.6) is 5.75 Å². The van der Waals surface area contributed by atoms with Crippen LogP contribution in [-0.2, 0) is 33.4 Å². The van der Waals surface area contributed by atoms with E-state index in [-0.39, 0.29) is 42.1 Å². The van der Waals surface area contributed by atoms with Crippen LogP contribution in [0.3, 0.4) is 0 Å². The molecule has 0 unspecified atom stereocenters. The second-order valence-electron chi connectivity index (χ2n) is 8.85. The molecule has 194 valence electrons. The van der Waals surface area contributed by atoms with Crippen LogP contribution in [0.1, 0.15) is 35.5 Å². The molecule has 3 aromatic rings. The zero-order valence-corrected chi connectivity index (χ0v) is 21.8. The standard InChI is InChI=1S/C26H32FN3O5S/c1-19(2)16-29(25(31)23-10-5-6-11-24(23)27)17-21-15-28-26(30(21)12-13-34-3)36(32,33)18-20-8-7-9-22(14-20)35-4/h5-11,14-15,19H,12-13,16-18H2,1-4H3. The number of methoxy groups -OCH3 is 2. The van der Waals surface area contributed by atoms with E-state index in [0.29, 0.717) is 23.6 Å². The minimum atomic E-state index is -3.84. The predicted octanol–water partition coefficient (Wildman–Crippen LogP) is 3.95. The molecule has 0 atom stereocenters. The summed E-state index contributed by atoms with van der Waals surface area (Å²) in [6.07, 6.45) is 1.45. The van der Waals surface area contributed by atoms with Crippen LogP contribution in [0.15, 0.2) is 59.9 Å². The molecular formula is C26H32FN3O5S. The van der Waals surface area contributed by atoms with Gasteiger partial charge in [0.25, 0.3) is 5.91 Å². The molecular weight excluding hydrogens is 485 g/mol. The number of aromatic nitrogens is 2. The van der Waals surface area contributed by atoms with Crippen molar-refractivity contribution in [1.29, 1.82) is 0 Å².